The average molecular weight is 464 g/mol. The van der Waals surface area contributed by atoms with E-state index in [1.165, 1.54) is 6.20 Å². The number of nitrogens with one attached hydrogen (secondary N) is 1. The Hall–Kier alpha value is -3.32. The molecule has 0 saturated carbocycles. The molecule has 2 N–H and O–H groups in total. The Bertz CT molecular complexity index is 1090. The number of esters is 1. The van der Waals surface area contributed by atoms with Gasteiger partial charge in [-0.2, -0.15) is 0 Å². The average Bonchev–Trinajstić information content (AvgIpc) is 2.85. The van der Waals surface area contributed by atoms with Crippen LogP contribution in [0.2, 0.25) is 0 Å². The number of aliphatic hydroxyl groups excluding tert-OH is 1. The summed E-state index contributed by atoms with van der Waals surface area (Å²) in [5, 5.41) is 13.8. The molecule has 1 aromatic heterocycles. The molecule has 0 aliphatic rings. The van der Waals surface area contributed by atoms with E-state index < -0.39 is 18.2 Å². The molecule has 0 aliphatic carbocycles. The minimum absolute atomic E-state index is 0.0756. The van der Waals surface area contributed by atoms with E-state index in [0.717, 1.165) is 12.0 Å². The van der Waals surface area contributed by atoms with Crippen LogP contribution in [0.4, 0.5) is 0 Å². The first-order chi connectivity index (χ1) is 16.4. The molecule has 0 fully saturated rings. The molecule has 7 nitrogen and oxygen atoms in total. The molecule has 180 valence electrons. The van der Waals surface area contributed by atoms with Crippen molar-refractivity contribution in [2.24, 2.45) is 11.8 Å². The molecule has 34 heavy (non-hydrogen) atoms. The van der Waals surface area contributed by atoms with E-state index in [4.69, 9.17) is 4.74 Å². The number of hydrogen-bond acceptors (Lipinski definition) is 6. The third-order valence-corrected chi connectivity index (χ3v) is 5.86. The number of benzene rings is 2. The van der Waals surface area contributed by atoms with Crippen molar-refractivity contribution in [1.82, 2.24) is 15.3 Å². The van der Waals surface area contributed by atoms with Crippen LogP contribution in [-0.2, 0) is 16.0 Å². The number of hydrogen-bond donors (Lipinski definition) is 2. The Balaban J connectivity index is 1.79. The van der Waals surface area contributed by atoms with E-state index in [0.29, 0.717) is 29.8 Å². The number of rotatable bonds is 11. The standard InChI is InChI=1S/C27H33N3O4/c1-18(2)13-14-20(26(32)28-3)16-24(31)25(15-19-9-5-4-6-10-19)34-27(33)23-17-29-21-11-7-8-12-22(21)30-23/h4-12,17-18,20,24-25,31H,13-16H2,1-3H3,(H,28,32)/t20-,24+,25+/m1/s1. The van der Waals surface area contributed by atoms with E-state index >= 15 is 0 Å². The molecule has 7 heteroatoms. The Morgan fingerprint density at radius 3 is 2.35 bits per heavy atom. The van der Waals surface area contributed by atoms with Gasteiger partial charge in [0.05, 0.1) is 23.3 Å². The fourth-order valence-corrected chi connectivity index (χ4v) is 3.89. The van der Waals surface area contributed by atoms with Crippen molar-refractivity contribution in [3.8, 4) is 0 Å². The normalized spacial score (nSPS) is 13.9. The van der Waals surface area contributed by atoms with Crippen LogP contribution in [-0.4, -0.2) is 46.2 Å². The number of fused-ring (bicyclic) bond motifs is 1. The third kappa shape index (κ3) is 7.09. The van der Waals surface area contributed by atoms with Gasteiger partial charge in [-0.15, -0.1) is 0 Å². The van der Waals surface area contributed by atoms with Crippen LogP contribution in [0.25, 0.3) is 11.0 Å². The second-order valence-corrected chi connectivity index (χ2v) is 8.96. The molecule has 0 unspecified atom stereocenters. The Labute approximate surface area is 200 Å². The Kier molecular flexibility index (Phi) is 9.10. The van der Waals surface area contributed by atoms with Gasteiger partial charge in [0.1, 0.15) is 6.10 Å². The van der Waals surface area contributed by atoms with Crippen LogP contribution in [0.15, 0.2) is 60.8 Å². The first-order valence-corrected chi connectivity index (χ1v) is 11.7. The van der Waals surface area contributed by atoms with Gasteiger partial charge in [0, 0.05) is 19.4 Å². The molecule has 3 aromatic rings. The van der Waals surface area contributed by atoms with E-state index in [9.17, 15) is 14.7 Å². The van der Waals surface area contributed by atoms with Crippen molar-refractivity contribution in [2.45, 2.75) is 51.7 Å². The maximum absolute atomic E-state index is 13.0. The van der Waals surface area contributed by atoms with Gasteiger partial charge in [-0.05, 0) is 36.5 Å². The van der Waals surface area contributed by atoms with Gasteiger partial charge >= 0.3 is 5.97 Å². The minimum Gasteiger partial charge on any atom is -0.454 e. The largest absolute Gasteiger partial charge is 0.454 e. The van der Waals surface area contributed by atoms with Crippen molar-refractivity contribution >= 4 is 22.9 Å². The zero-order valence-corrected chi connectivity index (χ0v) is 20.0. The molecular formula is C27H33N3O4. The molecule has 0 radical (unpaired) electrons. The molecule has 3 atom stereocenters. The minimum atomic E-state index is -1.02. The maximum atomic E-state index is 13.0. The summed E-state index contributed by atoms with van der Waals surface area (Å²) in [6.45, 7) is 4.20. The predicted octanol–water partition coefficient (Wildman–Crippen LogP) is 3.95. The number of aliphatic hydroxyl groups is 1. The van der Waals surface area contributed by atoms with Crippen LogP contribution < -0.4 is 5.32 Å². The van der Waals surface area contributed by atoms with Crippen molar-refractivity contribution in [3.05, 3.63) is 72.1 Å². The molecule has 0 aliphatic heterocycles. The number of aromatic nitrogens is 2. The summed E-state index contributed by atoms with van der Waals surface area (Å²) < 4.78 is 5.77. The Morgan fingerprint density at radius 1 is 1.00 bits per heavy atom. The molecule has 1 heterocycles. The summed E-state index contributed by atoms with van der Waals surface area (Å²) in [5.41, 5.74) is 2.26. The van der Waals surface area contributed by atoms with Gasteiger partial charge in [0.15, 0.2) is 5.69 Å². The van der Waals surface area contributed by atoms with Crippen LogP contribution in [0.5, 0.6) is 0 Å². The highest BCUT2D eigenvalue weighted by molar-refractivity contribution is 5.89. The summed E-state index contributed by atoms with van der Waals surface area (Å²) >= 11 is 0. The van der Waals surface area contributed by atoms with Crippen LogP contribution >= 0.6 is 0 Å². The van der Waals surface area contributed by atoms with Gasteiger partial charge < -0.3 is 15.2 Å². The van der Waals surface area contributed by atoms with Crippen molar-refractivity contribution in [3.63, 3.8) is 0 Å². The lowest BCUT2D eigenvalue weighted by Gasteiger charge is -2.26. The van der Waals surface area contributed by atoms with Crippen LogP contribution in [0.3, 0.4) is 0 Å². The maximum Gasteiger partial charge on any atom is 0.358 e. The SMILES string of the molecule is CNC(=O)[C@H](CCC(C)C)C[C@H](O)[C@H](Cc1ccccc1)OC(=O)c1cnc2ccccc2n1. The quantitative estimate of drug-likeness (QED) is 0.418. The fraction of sp³-hybridized carbons (Fsp3) is 0.407. The summed E-state index contributed by atoms with van der Waals surface area (Å²) in [7, 11) is 1.59. The lowest BCUT2D eigenvalue weighted by Crippen LogP contribution is -2.38. The summed E-state index contributed by atoms with van der Waals surface area (Å²) in [4.78, 5) is 34.1. The molecule has 2 aromatic carbocycles. The second-order valence-electron chi connectivity index (χ2n) is 8.96. The zero-order chi connectivity index (χ0) is 24.5. The number of amides is 1. The molecule has 0 spiro atoms. The summed E-state index contributed by atoms with van der Waals surface area (Å²) in [6.07, 6.45) is 1.55. The molecule has 0 saturated heterocycles. The third-order valence-electron chi connectivity index (χ3n) is 5.86. The number of carbonyl (C=O) groups is 2. The van der Waals surface area contributed by atoms with Crippen LogP contribution in [0, 0.1) is 11.8 Å². The number of ether oxygens (including phenoxy) is 1. The molecule has 3 rings (SSSR count). The van der Waals surface area contributed by atoms with Gasteiger partial charge in [-0.25, -0.2) is 9.78 Å². The summed E-state index contributed by atoms with van der Waals surface area (Å²) in [6, 6.07) is 16.8. The smallest absolute Gasteiger partial charge is 0.358 e. The van der Waals surface area contributed by atoms with Gasteiger partial charge in [0.2, 0.25) is 5.91 Å². The number of nitrogens with zero attached hydrogens (tertiary/aromatic N) is 2. The molecular weight excluding hydrogens is 430 g/mol. The van der Waals surface area contributed by atoms with E-state index in [2.05, 4.69) is 29.1 Å². The van der Waals surface area contributed by atoms with Crippen molar-refractivity contribution in [1.29, 1.82) is 0 Å². The highest BCUT2D eigenvalue weighted by atomic mass is 16.6. The van der Waals surface area contributed by atoms with Crippen molar-refractivity contribution in [2.75, 3.05) is 7.05 Å². The fourth-order valence-electron chi connectivity index (χ4n) is 3.89. The number of para-hydroxylation sites is 2. The lowest BCUT2D eigenvalue weighted by molar-refractivity contribution is -0.126. The van der Waals surface area contributed by atoms with Gasteiger partial charge in [0.25, 0.3) is 0 Å². The van der Waals surface area contributed by atoms with Gasteiger partial charge in [-0.3, -0.25) is 9.78 Å². The lowest BCUT2D eigenvalue weighted by atomic mass is 9.89. The van der Waals surface area contributed by atoms with Crippen molar-refractivity contribution < 1.29 is 19.4 Å². The first kappa shape index (κ1) is 25.3. The van der Waals surface area contributed by atoms with E-state index in [1.54, 1.807) is 13.1 Å². The topological polar surface area (TPSA) is 101 Å². The second kappa shape index (κ2) is 12.2. The Morgan fingerprint density at radius 2 is 1.68 bits per heavy atom. The van der Waals surface area contributed by atoms with E-state index in [-0.39, 0.29) is 23.9 Å². The molecule has 1 amide bonds. The predicted molar refractivity (Wildman–Crippen MR) is 131 cm³/mol. The highest BCUT2D eigenvalue weighted by Crippen LogP contribution is 2.22. The zero-order valence-electron chi connectivity index (χ0n) is 20.0. The van der Waals surface area contributed by atoms with Crippen LogP contribution in [0.1, 0.15) is 49.2 Å². The monoisotopic (exact) mass is 463 g/mol. The first-order valence-electron chi connectivity index (χ1n) is 11.7. The summed E-state index contributed by atoms with van der Waals surface area (Å²) in [5.74, 6) is -0.713. The highest BCUT2D eigenvalue weighted by Gasteiger charge is 2.30. The molecule has 0 bridgehead atoms. The van der Waals surface area contributed by atoms with Gasteiger partial charge in [-0.1, -0.05) is 62.7 Å². The number of carbonyl (C=O) groups excluding carboxylic acids is 2. The van der Waals surface area contributed by atoms with E-state index in [1.807, 2.05) is 48.5 Å².